The fourth-order valence-electron chi connectivity index (χ4n) is 4.66. The zero-order chi connectivity index (χ0) is 21.9. The van der Waals surface area contributed by atoms with Crippen molar-refractivity contribution >= 4 is 16.8 Å². The fraction of sp³-hybridized carbons (Fsp3) is 0.577. The summed E-state index contributed by atoms with van der Waals surface area (Å²) in [5.41, 5.74) is 1.30. The van der Waals surface area contributed by atoms with E-state index < -0.39 is 16.8 Å². The molecule has 0 radical (unpaired) electrons. The third-order valence-corrected chi connectivity index (χ3v) is 7.68. The van der Waals surface area contributed by atoms with Crippen LogP contribution in [0.1, 0.15) is 56.9 Å². The van der Waals surface area contributed by atoms with Crippen LogP contribution in [0.25, 0.3) is 0 Å². The molecular formula is C26H34O4S. The number of fused-ring (bicyclic) bond motifs is 2. The lowest BCUT2D eigenvalue weighted by atomic mass is 9.78. The van der Waals surface area contributed by atoms with Crippen molar-refractivity contribution in [2.45, 2.75) is 70.0 Å². The van der Waals surface area contributed by atoms with Gasteiger partial charge in [-0.2, -0.15) is 0 Å². The Kier molecular flexibility index (Phi) is 9.84. The molecule has 4 nitrogen and oxygen atoms in total. The largest absolute Gasteiger partial charge is 0.481 e. The van der Waals surface area contributed by atoms with E-state index in [9.17, 15) is 9.00 Å². The van der Waals surface area contributed by atoms with Gasteiger partial charge in [-0.05, 0) is 50.0 Å². The Balaban J connectivity index is 1.36. The molecule has 5 atom stereocenters. The highest BCUT2D eigenvalue weighted by Crippen LogP contribution is 2.45. The van der Waals surface area contributed by atoms with Gasteiger partial charge in [0.25, 0.3) is 0 Å². The second-order valence-electron chi connectivity index (χ2n) is 8.51. The molecule has 0 amide bonds. The first-order valence-corrected chi connectivity index (χ1v) is 13.0. The van der Waals surface area contributed by atoms with Crippen molar-refractivity contribution in [1.82, 2.24) is 0 Å². The standard InChI is InChI=1S/C26H34O4S/c27-26(28)16-10-2-1-9-15-22-23(25-18-17-24(22)30-25)20-31(29)19-11-4-3-6-12-21-13-7-5-8-14-21/h1,5,7-9,13-14,22-25H,2,6,10-12,15-20H2,(H,27,28)/b9-1-/t22-,23-,24-,25+,31?/m1/s1. The van der Waals surface area contributed by atoms with Crippen molar-refractivity contribution in [3.63, 3.8) is 0 Å². The van der Waals surface area contributed by atoms with Crippen molar-refractivity contribution in [3.8, 4) is 11.8 Å². The molecule has 5 heteroatoms. The first-order chi connectivity index (χ1) is 15.1. The summed E-state index contributed by atoms with van der Waals surface area (Å²) in [5.74, 6) is 7.83. The number of ether oxygens (including phenoxy) is 1. The second kappa shape index (κ2) is 12.8. The van der Waals surface area contributed by atoms with Gasteiger partial charge in [0.1, 0.15) is 0 Å². The molecule has 2 heterocycles. The highest BCUT2D eigenvalue weighted by Gasteiger charge is 2.48. The lowest BCUT2D eigenvalue weighted by Gasteiger charge is -2.26. The summed E-state index contributed by atoms with van der Waals surface area (Å²) in [5, 5.41) is 8.71. The number of hydrogen-bond acceptors (Lipinski definition) is 3. The highest BCUT2D eigenvalue weighted by molar-refractivity contribution is 7.84. The highest BCUT2D eigenvalue weighted by atomic mass is 32.2. The van der Waals surface area contributed by atoms with Gasteiger partial charge in [-0.15, -0.1) is 11.8 Å². The van der Waals surface area contributed by atoms with Crippen molar-refractivity contribution in [1.29, 1.82) is 0 Å². The molecule has 1 aromatic carbocycles. The quantitative estimate of drug-likeness (QED) is 0.288. The summed E-state index contributed by atoms with van der Waals surface area (Å²) in [6, 6.07) is 10.4. The summed E-state index contributed by atoms with van der Waals surface area (Å²) >= 11 is 0. The zero-order valence-electron chi connectivity index (χ0n) is 18.2. The van der Waals surface area contributed by atoms with Crippen molar-refractivity contribution < 1.29 is 18.8 Å². The second-order valence-corrected chi connectivity index (χ2v) is 10.1. The lowest BCUT2D eigenvalue weighted by molar-refractivity contribution is -0.137. The molecule has 2 saturated heterocycles. The van der Waals surface area contributed by atoms with Crippen LogP contribution in [0.2, 0.25) is 0 Å². The molecule has 2 aliphatic heterocycles. The third-order valence-electron chi connectivity index (χ3n) is 6.27. The maximum absolute atomic E-state index is 12.7. The molecule has 0 spiro atoms. The summed E-state index contributed by atoms with van der Waals surface area (Å²) in [6.07, 6.45) is 12.2. The third kappa shape index (κ3) is 7.94. The van der Waals surface area contributed by atoms with E-state index in [1.807, 2.05) is 18.2 Å². The Morgan fingerprint density at radius 1 is 1.10 bits per heavy atom. The predicted molar refractivity (Wildman–Crippen MR) is 125 cm³/mol. The number of benzene rings is 1. The number of allylic oxidation sites excluding steroid dienone is 2. The van der Waals surface area contributed by atoms with Crippen LogP contribution in [0.3, 0.4) is 0 Å². The average Bonchev–Trinajstić information content (AvgIpc) is 3.36. The Morgan fingerprint density at radius 3 is 2.61 bits per heavy atom. The van der Waals surface area contributed by atoms with Crippen molar-refractivity contribution in [3.05, 3.63) is 48.0 Å². The van der Waals surface area contributed by atoms with Crippen LogP contribution in [-0.2, 0) is 26.8 Å². The molecule has 2 fully saturated rings. The smallest absolute Gasteiger partial charge is 0.303 e. The minimum Gasteiger partial charge on any atom is -0.481 e. The van der Waals surface area contributed by atoms with E-state index in [1.54, 1.807) is 0 Å². The summed E-state index contributed by atoms with van der Waals surface area (Å²) in [6.45, 7) is 0. The minimum atomic E-state index is -0.861. The first-order valence-electron chi connectivity index (χ1n) is 11.5. The van der Waals surface area contributed by atoms with Gasteiger partial charge in [-0.1, -0.05) is 42.5 Å². The molecule has 0 aliphatic carbocycles. The Morgan fingerprint density at radius 2 is 1.84 bits per heavy atom. The van der Waals surface area contributed by atoms with Gasteiger partial charge in [0, 0.05) is 47.5 Å². The lowest BCUT2D eigenvalue weighted by Crippen LogP contribution is -2.31. The summed E-state index contributed by atoms with van der Waals surface area (Å²) < 4.78 is 18.8. The molecule has 3 rings (SSSR count). The van der Waals surface area contributed by atoms with Gasteiger partial charge in [-0.3, -0.25) is 9.00 Å². The van der Waals surface area contributed by atoms with Crippen LogP contribution in [0, 0.1) is 23.7 Å². The molecule has 2 aliphatic rings. The van der Waals surface area contributed by atoms with Crippen molar-refractivity contribution in [2.24, 2.45) is 11.8 Å². The molecule has 168 valence electrons. The molecule has 31 heavy (non-hydrogen) atoms. The first kappa shape index (κ1) is 23.8. The number of carbonyl (C=O) groups is 1. The van der Waals surface area contributed by atoms with Gasteiger partial charge in [0.2, 0.25) is 0 Å². The van der Waals surface area contributed by atoms with Crippen LogP contribution < -0.4 is 0 Å². The van der Waals surface area contributed by atoms with Crippen LogP contribution in [-0.4, -0.2) is 39.0 Å². The zero-order valence-corrected chi connectivity index (χ0v) is 19.0. The maximum atomic E-state index is 12.7. The van der Waals surface area contributed by atoms with Crippen molar-refractivity contribution in [2.75, 3.05) is 11.5 Å². The number of hydrogen-bond donors (Lipinski definition) is 1. The van der Waals surface area contributed by atoms with E-state index in [-0.39, 0.29) is 12.5 Å². The SMILES string of the molecule is O=C(O)CCC/C=C\C[C@@H]1[C@@H](CS(=O)CCC#CCCc2ccccc2)[C@@H]2CC[C@H]1O2. The minimum absolute atomic E-state index is 0.221. The number of unbranched alkanes of at least 4 members (excludes halogenated alkanes) is 1. The molecule has 0 aromatic heterocycles. The Hall–Kier alpha value is -1.90. The van der Waals surface area contributed by atoms with Crippen LogP contribution in [0.5, 0.6) is 0 Å². The molecule has 0 saturated carbocycles. The van der Waals surface area contributed by atoms with Gasteiger partial charge in [-0.25, -0.2) is 0 Å². The Labute approximate surface area is 188 Å². The molecule has 2 bridgehead atoms. The monoisotopic (exact) mass is 442 g/mol. The molecule has 1 unspecified atom stereocenters. The van der Waals surface area contributed by atoms with E-state index >= 15 is 0 Å². The number of aliphatic carboxylic acids is 1. The van der Waals surface area contributed by atoms with Gasteiger partial charge in [0.05, 0.1) is 12.2 Å². The van der Waals surface area contributed by atoms with Crippen LogP contribution in [0.15, 0.2) is 42.5 Å². The number of aryl methyl sites for hydroxylation is 1. The number of carboxylic acids is 1. The number of rotatable bonds is 12. The van der Waals surface area contributed by atoms with E-state index in [4.69, 9.17) is 9.84 Å². The van der Waals surface area contributed by atoms with Crippen LogP contribution >= 0.6 is 0 Å². The van der Waals surface area contributed by atoms with E-state index in [0.29, 0.717) is 42.3 Å². The predicted octanol–water partition coefficient (Wildman–Crippen LogP) is 4.76. The summed E-state index contributed by atoms with van der Waals surface area (Å²) in [4.78, 5) is 10.6. The fourth-order valence-corrected chi connectivity index (χ4v) is 6.05. The topological polar surface area (TPSA) is 63.6 Å². The Bertz CT molecular complexity index is 808. The number of carboxylic acid groups (broad SMARTS) is 1. The maximum Gasteiger partial charge on any atom is 0.303 e. The van der Waals surface area contributed by atoms with Gasteiger partial charge in [0.15, 0.2) is 0 Å². The molecule has 1 aromatic rings. The van der Waals surface area contributed by atoms with Gasteiger partial charge >= 0.3 is 5.97 Å². The molecule has 1 N–H and O–H groups in total. The van der Waals surface area contributed by atoms with E-state index in [0.717, 1.165) is 38.5 Å². The molecular weight excluding hydrogens is 408 g/mol. The van der Waals surface area contributed by atoms with Gasteiger partial charge < -0.3 is 9.84 Å². The normalized spacial score (nSPS) is 25.4. The average molecular weight is 443 g/mol. The van der Waals surface area contributed by atoms with E-state index in [2.05, 4.69) is 36.1 Å². The van der Waals surface area contributed by atoms with E-state index in [1.165, 1.54) is 5.56 Å². The van der Waals surface area contributed by atoms with Crippen LogP contribution in [0.4, 0.5) is 0 Å². The summed E-state index contributed by atoms with van der Waals surface area (Å²) in [7, 11) is -0.861.